The van der Waals surface area contributed by atoms with Crippen LogP contribution in [0.3, 0.4) is 0 Å². The highest BCUT2D eigenvalue weighted by atomic mass is 35.5. The van der Waals surface area contributed by atoms with Crippen LogP contribution in [0.1, 0.15) is 5.56 Å². The number of nitrogens with zero attached hydrogens (tertiary/aromatic N) is 1. The molecule has 0 radical (unpaired) electrons. The van der Waals surface area contributed by atoms with Gasteiger partial charge >= 0.3 is 0 Å². The Labute approximate surface area is 148 Å². The first-order chi connectivity index (χ1) is 11.0. The zero-order chi connectivity index (χ0) is 16.6. The highest BCUT2D eigenvalue weighted by Crippen LogP contribution is 2.38. The molecule has 2 aromatic carbocycles. The third-order valence-electron chi connectivity index (χ3n) is 3.50. The summed E-state index contributed by atoms with van der Waals surface area (Å²) in [4.78, 5) is 14.0. The second-order valence-electron chi connectivity index (χ2n) is 4.96. The highest BCUT2D eigenvalue weighted by molar-refractivity contribution is 6.42. The Bertz CT molecular complexity index is 779. The number of halogens is 3. The van der Waals surface area contributed by atoms with E-state index in [1.165, 1.54) is 7.11 Å². The SMILES string of the molecule is COc1cc(Cl)cc2c1OCC(=O)N(c1ccc(Cl)c(Cl)c1)C2. The first kappa shape index (κ1) is 16.2. The predicted octanol–water partition coefficient (Wildman–Crippen LogP) is 4.58. The molecular formula is C16H12Cl3NO3. The standard InChI is InChI=1S/C16H12Cl3NO3/c1-22-14-5-10(17)4-9-7-20(15(21)8-23-16(9)14)11-2-3-12(18)13(19)6-11/h2-6H,7-8H2,1H3. The summed E-state index contributed by atoms with van der Waals surface area (Å²) >= 11 is 18.1. The topological polar surface area (TPSA) is 38.8 Å². The van der Waals surface area contributed by atoms with Gasteiger partial charge in [-0.05, 0) is 24.3 Å². The van der Waals surface area contributed by atoms with Gasteiger partial charge in [-0.25, -0.2) is 0 Å². The van der Waals surface area contributed by atoms with Crippen LogP contribution in [0.2, 0.25) is 15.1 Å². The number of carbonyl (C=O) groups excluding carboxylic acids is 1. The van der Waals surface area contributed by atoms with Crippen LogP contribution in [0.15, 0.2) is 30.3 Å². The molecule has 0 bridgehead atoms. The van der Waals surface area contributed by atoms with Crippen LogP contribution in [0, 0.1) is 0 Å². The molecule has 4 nitrogen and oxygen atoms in total. The minimum atomic E-state index is -0.197. The maximum Gasteiger partial charge on any atom is 0.265 e. The van der Waals surface area contributed by atoms with Crippen molar-refractivity contribution in [2.45, 2.75) is 6.54 Å². The molecule has 0 saturated carbocycles. The van der Waals surface area contributed by atoms with Crippen molar-refractivity contribution in [1.29, 1.82) is 0 Å². The van der Waals surface area contributed by atoms with E-state index in [1.807, 2.05) is 0 Å². The van der Waals surface area contributed by atoms with Crippen LogP contribution in [-0.2, 0) is 11.3 Å². The van der Waals surface area contributed by atoms with Crippen LogP contribution in [0.25, 0.3) is 0 Å². The van der Waals surface area contributed by atoms with Crippen molar-refractivity contribution in [3.05, 3.63) is 51.0 Å². The normalized spacial score (nSPS) is 14.1. The van der Waals surface area contributed by atoms with E-state index < -0.39 is 0 Å². The number of fused-ring (bicyclic) bond motifs is 1. The second-order valence-corrected chi connectivity index (χ2v) is 6.21. The van der Waals surface area contributed by atoms with Gasteiger partial charge in [-0.2, -0.15) is 0 Å². The third kappa shape index (κ3) is 3.20. The summed E-state index contributed by atoms with van der Waals surface area (Å²) in [6.45, 7) is 0.189. The summed E-state index contributed by atoms with van der Waals surface area (Å²) in [7, 11) is 1.53. The van der Waals surface area contributed by atoms with Gasteiger partial charge in [0, 0.05) is 22.3 Å². The summed E-state index contributed by atoms with van der Waals surface area (Å²) in [5.41, 5.74) is 1.39. The second kappa shape index (κ2) is 6.48. The molecule has 120 valence electrons. The molecule has 2 aromatic rings. The Balaban J connectivity index is 2.04. The van der Waals surface area contributed by atoms with Crippen molar-refractivity contribution in [2.75, 3.05) is 18.6 Å². The number of amides is 1. The minimum absolute atomic E-state index is 0.106. The first-order valence-electron chi connectivity index (χ1n) is 6.74. The van der Waals surface area contributed by atoms with E-state index >= 15 is 0 Å². The molecule has 0 N–H and O–H groups in total. The molecule has 23 heavy (non-hydrogen) atoms. The summed E-state index contributed by atoms with van der Waals surface area (Å²) < 4.78 is 10.9. The third-order valence-corrected chi connectivity index (χ3v) is 4.46. The summed E-state index contributed by atoms with van der Waals surface area (Å²) in [6, 6.07) is 8.44. The number of methoxy groups -OCH3 is 1. The molecule has 0 aliphatic carbocycles. The van der Waals surface area contributed by atoms with Crippen LogP contribution >= 0.6 is 34.8 Å². The van der Waals surface area contributed by atoms with Crippen molar-refractivity contribution in [2.24, 2.45) is 0 Å². The molecule has 1 aliphatic rings. The fourth-order valence-electron chi connectivity index (χ4n) is 2.41. The number of carbonyl (C=O) groups is 1. The van der Waals surface area contributed by atoms with Crippen LogP contribution in [0.5, 0.6) is 11.5 Å². The highest BCUT2D eigenvalue weighted by Gasteiger charge is 2.26. The van der Waals surface area contributed by atoms with Crippen LogP contribution < -0.4 is 14.4 Å². The maximum atomic E-state index is 12.4. The number of ether oxygens (including phenoxy) is 2. The zero-order valence-electron chi connectivity index (χ0n) is 12.1. The van der Waals surface area contributed by atoms with Crippen molar-refractivity contribution < 1.29 is 14.3 Å². The monoisotopic (exact) mass is 371 g/mol. The average molecular weight is 373 g/mol. The van der Waals surface area contributed by atoms with E-state index in [1.54, 1.807) is 35.2 Å². The van der Waals surface area contributed by atoms with Gasteiger partial charge in [0.05, 0.1) is 23.7 Å². The van der Waals surface area contributed by atoms with Crippen LogP contribution in [0.4, 0.5) is 5.69 Å². The van der Waals surface area contributed by atoms with Crippen molar-refractivity contribution in [3.8, 4) is 11.5 Å². The fraction of sp³-hybridized carbons (Fsp3) is 0.188. The van der Waals surface area contributed by atoms with E-state index in [2.05, 4.69) is 0 Å². The van der Waals surface area contributed by atoms with E-state index in [0.717, 1.165) is 5.56 Å². The molecule has 0 spiro atoms. The summed E-state index contributed by atoms with van der Waals surface area (Å²) in [5.74, 6) is 0.821. The van der Waals surface area contributed by atoms with E-state index in [-0.39, 0.29) is 12.5 Å². The van der Waals surface area contributed by atoms with Gasteiger partial charge in [0.25, 0.3) is 5.91 Å². The van der Waals surface area contributed by atoms with Gasteiger partial charge in [0.15, 0.2) is 18.1 Å². The lowest BCUT2D eigenvalue weighted by atomic mass is 10.1. The van der Waals surface area contributed by atoms with Gasteiger partial charge in [-0.3, -0.25) is 4.79 Å². The Morgan fingerprint density at radius 2 is 1.91 bits per heavy atom. The quantitative estimate of drug-likeness (QED) is 0.774. The average Bonchev–Trinajstić information content (AvgIpc) is 2.69. The number of anilines is 1. The lowest BCUT2D eigenvalue weighted by Gasteiger charge is -2.20. The number of rotatable bonds is 2. The van der Waals surface area contributed by atoms with Gasteiger partial charge in [0.2, 0.25) is 0 Å². The van der Waals surface area contributed by atoms with E-state index in [9.17, 15) is 4.79 Å². The fourth-order valence-corrected chi connectivity index (χ4v) is 2.94. The summed E-state index contributed by atoms with van der Waals surface area (Å²) in [6.07, 6.45) is 0. The summed E-state index contributed by atoms with van der Waals surface area (Å²) in [5, 5.41) is 1.32. The number of hydrogen-bond acceptors (Lipinski definition) is 3. The van der Waals surface area contributed by atoms with Gasteiger partial charge < -0.3 is 14.4 Å². The Morgan fingerprint density at radius 1 is 1.13 bits per heavy atom. The van der Waals surface area contributed by atoms with Gasteiger partial charge in [0.1, 0.15) is 0 Å². The molecule has 0 fully saturated rings. The molecule has 1 amide bonds. The Kier molecular flexibility index (Phi) is 4.57. The first-order valence-corrected chi connectivity index (χ1v) is 7.87. The van der Waals surface area contributed by atoms with Gasteiger partial charge in [-0.15, -0.1) is 0 Å². The lowest BCUT2D eigenvalue weighted by Crippen LogP contribution is -2.32. The molecule has 0 saturated heterocycles. The predicted molar refractivity (Wildman–Crippen MR) is 91.2 cm³/mol. The zero-order valence-corrected chi connectivity index (χ0v) is 14.4. The molecule has 1 aliphatic heterocycles. The Hall–Kier alpha value is -1.62. The molecular weight excluding hydrogens is 361 g/mol. The minimum Gasteiger partial charge on any atom is -0.493 e. The van der Waals surface area contributed by atoms with E-state index in [4.69, 9.17) is 44.3 Å². The van der Waals surface area contributed by atoms with E-state index in [0.29, 0.717) is 38.8 Å². The smallest absolute Gasteiger partial charge is 0.265 e. The molecule has 1 heterocycles. The molecule has 7 heteroatoms. The van der Waals surface area contributed by atoms with Crippen LogP contribution in [-0.4, -0.2) is 19.6 Å². The largest absolute Gasteiger partial charge is 0.493 e. The lowest BCUT2D eigenvalue weighted by molar-refractivity contribution is -0.120. The molecule has 3 rings (SSSR count). The molecule has 0 aromatic heterocycles. The number of benzene rings is 2. The Morgan fingerprint density at radius 3 is 2.61 bits per heavy atom. The van der Waals surface area contributed by atoms with Crippen molar-refractivity contribution in [1.82, 2.24) is 0 Å². The molecule has 0 unspecified atom stereocenters. The molecule has 0 atom stereocenters. The maximum absolute atomic E-state index is 12.4. The van der Waals surface area contributed by atoms with Gasteiger partial charge in [-0.1, -0.05) is 34.8 Å². The van der Waals surface area contributed by atoms with Crippen molar-refractivity contribution in [3.63, 3.8) is 0 Å². The van der Waals surface area contributed by atoms with Crippen molar-refractivity contribution >= 4 is 46.4 Å². The number of hydrogen-bond donors (Lipinski definition) is 0.